The van der Waals surface area contributed by atoms with Crippen molar-refractivity contribution in [2.75, 3.05) is 6.54 Å². The smallest absolute Gasteiger partial charge is 0.233 e. The van der Waals surface area contributed by atoms with E-state index < -0.39 is 5.79 Å². The lowest BCUT2D eigenvalue weighted by molar-refractivity contribution is -0.176. The van der Waals surface area contributed by atoms with E-state index in [0.29, 0.717) is 24.3 Å². The molecule has 2 aliphatic heterocycles. The first kappa shape index (κ1) is 20.3. The number of hydrogen-bond donors (Lipinski definition) is 0. The molecule has 5 nitrogen and oxygen atoms in total. The molecule has 2 aliphatic carbocycles. The predicted octanol–water partition coefficient (Wildman–Crippen LogP) is 3.86. The van der Waals surface area contributed by atoms with Gasteiger partial charge in [0.05, 0.1) is 24.0 Å². The third-order valence-corrected chi connectivity index (χ3v) is 7.81. The molecule has 0 radical (unpaired) electrons. The monoisotopic (exact) mass is 391 g/mol. The van der Waals surface area contributed by atoms with Gasteiger partial charge in [0, 0.05) is 13.0 Å². The summed E-state index contributed by atoms with van der Waals surface area (Å²) in [4.78, 5) is 27.9. The van der Waals surface area contributed by atoms with Gasteiger partial charge in [-0.05, 0) is 49.4 Å². The van der Waals surface area contributed by atoms with E-state index in [1.165, 1.54) is 0 Å². The number of likely N-dealkylation sites (tertiary alicyclic amines) is 1. The Morgan fingerprint density at radius 1 is 1.00 bits per heavy atom. The fraction of sp³-hybridized carbons (Fsp3) is 0.913. The number of carbonyl (C=O) groups excluding carboxylic acids is 2. The first-order chi connectivity index (χ1) is 13.2. The Bertz CT molecular complexity index is 621. The SMILES string of the molecule is CCCC1(C)OC2C3CC(CN4C(=O)C(C(C)C)C(C(C)C)C4=O)C(C3)C2O1. The molecule has 0 aromatic heterocycles. The van der Waals surface area contributed by atoms with E-state index in [9.17, 15) is 9.59 Å². The molecule has 0 N–H and O–H groups in total. The molecule has 8 unspecified atom stereocenters. The standard InChI is InChI=1S/C23H37NO4/c1-7-8-23(6)27-19-14-9-15(16(10-14)20(19)28-23)11-24-21(25)17(12(2)3)18(13(4)5)22(24)26/h12-20H,7-11H2,1-6H3. The van der Waals surface area contributed by atoms with Crippen molar-refractivity contribution >= 4 is 11.8 Å². The van der Waals surface area contributed by atoms with Crippen molar-refractivity contribution in [1.29, 1.82) is 0 Å². The van der Waals surface area contributed by atoms with Crippen LogP contribution < -0.4 is 0 Å². The van der Waals surface area contributed by atoms with E-state index in [-0.39, 0.29) is 47.7 Å². The molecule has 2 saturated carbocycles. The minimum Gasteiger partial charge on any atom is -0.344 e. The summed E-state index contributed by atoms with van der Waals surface area (Å²) in [5, 5.41) is 0. The van der Waals surface area contributed by atoms with E-state index in [0.717, 1.165) is 25.7 Å². The Labute approximate surface area is 169 Å². The minimum absolute atomic E-state index is 0.0532. The van der Waals surface area contributed by atoms with Gasteiger partial charge in [-0.1, -0.05) is 41.0 Å². The molecule has 0 spiro atoms. The first-order valence-corrected chi connectivity index (χ1v) is 11.4. The van der Waals surface area contributed by atoms with Crippen molar-refractivity contribution in [2.24, 2.45) is 41.4 Å². The zero-order valence-electron chi connectivity index (χ0n) is 18.3. The third kappa shape index (κ3) is 3.04. The van der Waals surface area contributed by atoms with Gasteiger partial charge in [-0.2, -0.15) is 0 Å². The molecule has 4 fully saturated rings. The molecule has 4 rings (SSSR count). The summed E-state index contributed by atoms with van der Waals surface area (Å²) < 4.78 is 12.7. The lowest BCUT2D eigenvalue weighted by Gasteiger charge is -2.31. The number of hydrogen-bond acceptors (Lipinski definition) is 4. The van der Waals surface area contributed by atoms with Gasteiger partial charge < -0.3 is 9.47 Å². The van der Waals surface area contributed by atoms with Crippen molar-refractivity contribution < 1.29 is 19.1 Å². The molecule has 2 heterocycles. The van der Waals surface area contributed by atoms with E-state index in [4.69, 9.17) is 9.47 Å². The van der Waals surface area contributed by atoms with Crippen molar-refractivity contribution in [3.63, 3.8) is 0 Å². The summed E-state index contributed by atoms with van der Waals surface area (Å²) in [7, 11) is 0. The Kier molecular flexibility index (Phi) is 5.15. The lowest BCUT2D eigenvalue weighted by Crippen LogP contribution is -2.42. The Morgan fingerprint density at radius 2 is 1.57 bits per heavy atom. The van der Waals surface area contributed by atoms with Crippen LogP contribution in [0, 0.1) is 41.4 Å². The van der Waals surface area contributed by atoms with Gasteiger partial charge in [0.1, 0.15) is 0 Å². The largest absolute Gasteiger partial charge is 0.344 e. The molecule has 158 valence electrons. The topological polar surface area (TPSA) is 55.8 Å². The van der Waals surface area contributed by atoms with E-state index in [1.54, 1.807) is 4.90 Å². The Hall–Kier alpha value is -0.940. The van der Waals surface area contributed by atoms with Crippen molar-refractivity contribution in [3.8, 4) is 0 Å². The minimum atomic E-state index is -0.458. The quantitative estimate of drug-likeness (QED) is 0.645. The van der Waals surface area contributed by atoms with Crippen LogP contribution in [0.5, 0.6) is 0 Å². The molecular formula is C23H37NO4. The average Bonchev–Trinajstić information content (AvgIpc) is 3.29. The van der Waals surface area contributed by atoms with Gasteiger partial charge in [-0.15, -0.1) is 0 Å². The summed E-state index contributed by atoms with van der Waals surface area (Å²) >= 11 is 0. The maximum absolute atomic E-state index is 13.1. The molecule has 5 heteroatoms. The molecule has 8 atom stereocenters. The predicted molar refractivity (Wildman–Crippen MR) is 106 cm³/mol. The number of ether oxygens (including phenoxy) is 2. The highest BCUT2D eigenvalue weighted by Crippen LogP contribution is 2.56. The van der Waals surface area contributed by atoms with Gasteiger partial charge in [-0.25, -0.2) is 0 Å². The first-order valence-electron chi connectivity index (χ1n) is 11.4. The second-order valence-corrected chi connectivity index (χ2v) is 10.5. The second-order valence-electron chi connectivity index (χ2n) is 10.5. The zero-order chi connectivity index (χ0) is 20.4. The van der Waals surface area contributed by atoms with Crippen LogP contribution >= 0.6 is 0 Å². The lowest BCUT2D eigenvalue weighted by atomic mass is 9.79. The normalized spacial score (nSPS) is 45.1. The maximum Gasteiger partial charge on any atom is 0.233 e. The van der Waals surface area contributed by atoms with Crippen LogP contribution in [0.3, 0.4) is 0 Å². The molecule has 2 saturated heterocycles. The van der Waals surface area contributed by atoms with Gasteiger partial charge in [-0.3, -0.25) is 14.5 Å². The van der Waals surface area contributed by atoms with Crippen LogP contribution in [0.4, 0.5) is 0 Å². The van der Waals surface area contributed by atoms with Crippen LogP contribution in [0.25, 0.3) is 0 Å². The molecule has 2 bridgehead atoms. The van der Waals surface area contributed by atoms with E-state index in [1.807, 2.05) is 0 Å². The summed E-state index contributed by atoms with van der Waals surface area (Å²) in [6, 6.07) is 0. The van der Waals surface area contributed by atoms with Gasteiger partial charge in [0.15, 0.2) is 5.79 Å². The van der Waals surface area contributed by atoms with E-state index >= 15 is 0 Å². The van der Waals surface area contributed by atoms with Crippen LogP contribution in [0.2, 0.25) is 0 Å². The van der Waals surface area contributed by atoms with Crippen LogP contribution in [-0.4, -0.2) is 41.3 Å². The van der Waals surface area contributed by atoms with Gasteiger partial charge >= 0.3 is 0 Å². The molecule has 4 aliphatic rings. The van der Waals surface area contributed by atoms with Crippen molar-refractivity contribution in [2.45, 2.75) is 85.2 Å². The highest BCUT2D eigenvalue weighted by molar-refractivity contribution is 6.05. The van der Waals surface area contributed by atoms with Gasteiger partial charge in [0.2, 0.25) is 11.8 Å². The number of carbonyl (C=O) groups is 2. The Balaban J connectivity index is 1.48. The molecule has 2 amide bonds. The highest BCUT2D eigenvalue weighted by atomic mass is 16.8. The molecular weight excluding hydrogens is 354 g/mol. The number of rotatable bonds is 6. The van der Waals surface area contributed by atoms with E-state index in [2.05, 4.69) is 41.5 Å². The second kappa shape index (κ2) is 7.09. The van der Waals surface area contributed by atoms with Crippen LogP contribution in [0.15, 0.2) is 0 Å². The number of imide groups is 1. The summed E-state index contributed by atoms with van der Waals surface area (Å²) in [5.41, 5.74) is 0. The summed E-state index contributed by atoms with van der Waals surface area (Å²) in [6.45, 7) is 13.1. The number of fused-ring (bicyclic) bond motifs is 5. The molecule has 0 aromatic rings. The molecule has 0 aromatic carbocycles. The highest BCUT2D eigenvalue weighted by Gasteiger charge is 2.61. The maximum atomic E-state index is 13.1. The number of nitrogens with zero attached hydrogens (tertiary/aromatic N) is 1. The van der Waals surface area contributed by atoms with Crippen molar-refractivity contribution in [1.82, 2.24) is 4.90 Å². The van der Waals surface area contributed by atoms with Crippen molar-refractivity contribution in [3.05, 3.63) is 0 Å². The average molecular weight is 392 g/mol. The zero-order valence-corrected chi connectivity index (χ0v) is 18.3. The fourth-order valence-electron chi connectivity index (χ4n) is 6.68. The third-order valence-electron chi connectivity index (χ3n) is 7.81. The summed E-state index contributed by atoms with van der Waals surface area (Å²) in [6.07, 6.45) is 4.45. The number of amides is 2. The Morgan fingerprint density at radius 3 is 2.11 bits per heavy atom. The summed E-state index contributed by atoms with van der Waals surface area (Å²) in [5.74, 6) is 0.967. The van der Waals surface area contributed by atoms with Crippen LogP contribution in [0.1, 0.15) is 67.2 Å². The van der Waals surface area contributed by atoms with Gasteiger partial charge in [0.25, 0.3) is 0 Å². The molecule has 28 heavy (non-hydrogen) atoms. The fourth-order valence-corrected chi connectivity index (χ4v) is 6.68. The van der Waals surface area contributed by atoms with Crippen LogP contribution in [-0.2, 0) is 19.1 Å².